The molecule has 1 atom stereocenters. The van der Waals surface area contributed by atoms with Crippen molar-refractivity contribution < 1.29 is 28.9 Å². The molecule has 3 rings (SSSR count). The van der Waals surface area contributed by atoms with Gasteiger partial charge in [-0.25, -0.2) is 4.98 Å². The van der Waals surface area contributed by atoms with E-state index in [4.69, 9.17) is 19.3 Å². The van der Waals surface area contributed by atoms with Gasteiger partial charge in [-0.1, -0.05) is 0 Å². The summed E-state index contributed by atoms with van der Waals surface area (Å²) in [6, 6.07) is 8.95. The Morgan fingerprint density at radius 1 is 1.26 bits per heavy atom. The maximum atomic E-state index is 11.4. The Kier molecular flexibility index (Phi) is 7.83. The lowest BCUT2D eigenvalue weighted by Crippen LogP contribution is -2.36. The molecule has 1 aliphatic rings. The summed E-state index contributed by atoms with van der Waals surface area (Å²) in [5, 5.41) is 9.03. The van der Waals surface area contributed by atoms with Gasteiger partial charge < -0.3 is 24.2 Å². The zero-order valence-electron chi connectivity index (χ0n) is 17.8. The normalized spacial score (nSPS) is 15.4. The molecule has 0 saturated carbocycles. The second-order valence-electron chi connectivity index (χ2n) is 7.53. The number of benzene rings is 1. The molecule has 8 heteroatoms. The lowest BCUT2D eigenvalue weighted by Gasteiger charge is -2.34. The average Bonchev–Trinajstić information content (AvgIpc) is 2.81. The van der Waals surface area contributed by atoms with E-state index in [9.17, 15) is 9.59 Å². The number of piperidine rings is 1. The van der Waals surface area contributed by atoms with Crippen LogP contribution in [-0.4, -0.2) is 56.3 Å². The van der Waals surface area contributed by atoms with Gasteiger partial charge in [-0.05, 0) is 42.5 Å². The number of anilines is 1. The molecule has 0 radical (unpaired) electrons. The molecule has 1 aromatic carbocycles. The summed E-state index contributed by atoms with van der Waals surface area (Å²) < 4.78 is 16.5. The molecule has 0 spiro atoms. The van der Waals surface area contributed by atoms with Crippen LogP contribution in [0.5, 0.6) is 11.6 Å². The molecule has 1 N–H and O–H groups in total. The van der Waals surface area contributed by atoms with Crippen molar-refractivity contribution in [1.29, 1.82) is 0 Å². The number of carboxylic acids is 1. The molecule has 0 amide bonds. The summed E-state index contributed by atoms with van der Waals surface area (Å²) in [6.07, 6.45) is 3.67. The number of carbonyl (C=O) groups is 2. The van der Waals surface area contributed by atoms with Crippen molar-refractivity contribution in [2.75, 3.05) is 38.8 Å². The third-order valence-electron chi connectivity index (χ3n) is 5.56. The lowest BCUT2D eigenvalue weighted by molar-refractivity contribution is -0.139. The van der Waals surface area contributed by atoms with E-state index in [0.717, 1.165) is 49.2 Å². The third kappa shape index (κ3) is 5.95. The number of aldehydes is 1. The fourth-order valence-corrected chi connectivity index (χ4v) is 3.77. The van der Waals surface area contributed by atoms with Crippen LogP contribution in [-0.2, 0) is 9.53 Å². The van der Waals surface area contributed by atoms with Gasteiger partial charge in [0.1, 0.15) is 5.75 Å². The van der Waals surface area contributed by atoms with Crippen molar-refractivity contribution in [3.05, 3.63) is 47.7 Å². The highest BCUT2D eigenvalue weighted by Crippen LogP contribution is 2.30. The Bertz CT molecular complexity index is 895. The Labute approximate surface area is 181 Å². The predicted octanol–water partition coefficient (Wildman–Crippen LogP) is 3.36. The predicted molar refractivity (Wildman–Crippen MR) is 115 cm³/mol. The highest BCUT2D eigenvalue weighted by atomic mass is 16.5. The van der Waals surface area contributed by atoms with E-state index in [1.165, 1.54) is 7.11 Å². The number of ether oxygens (including phenoxy) is 3. The fourth-order valence-electron chi connectivity index (χ4n) is 3.77. The van der Waals surface area contributed by atoms with Gasteiger partial charge in [0.15, 0.2) is 6.29 Å². The van der Waals surface area contributed by atoms with Gasteiger partial charge >= 0.3 is 5.97 Å². The van der Waals surface area contributed by atoms with Crippen LogP contribution in [0, 0.1) is 5.92 Å². The molecule has 0 bridgehead atoms. The number of methoxy groups -OCH3 is 2. The fraction of sp³-hybridized carbons (Fsp3) is 0.435. The maximum Gasteiger partial charge on any atom is 0.306 e. The summed E-state index contributed by atoms with van der Waals surface area (Å²) >= 11 is 0. The van der Waals surface area contributed by atoms with E-state index in [-0.39, 0.29) is 6.42 Å². The molecular formula is C23H28N2O6. The Morgan fingerprint density at radius 3 is 2.68 bits per heavy atom. The number of carboxylic acid groups (broad SMARTS) is 1. The smallest absolute Gasteiger partial charge is 0.306 e. The van der Waals surface area contributed by atoms with Crippen molar-refractivity contribution in [2.24, 2.45) is 5.92 Å². The number of rotatable bonds is 10. The van der Waals surface area contributed by atoms with Gasteiger partial charge in [-0.3, -0.25) is 9.59 Å². The van der Waals surface area contributed by atoms with E-state index in [1.807, 2.05) is 6.07 Å². The minimum Gasteiger partial charge on any atom is -0.497 e. The number of aliphatic carboxylic acids is 1. The van der Waals surface area contributed by atoms with Crippen molar-refractivity contribution in [2.45, 2.75) is 25.4 Å². The zero-order chi connectivity index (χ0) is 22.2. The van der Waals surface area contributed by atoms with Gasteiger partial charge in [0.2, 0.25) is 5.88 Å². The first-order chi connectivity index (χ1) is 15.0. The second kappa shape index (κ2) is 10.8. The summed E-state index contributed by atoms with van der Waals surface area (Å²) in [5.41, 5.74) is 2.28. The second-order valence-corrected chi connectivity index (χ2v) is 7.53. The molecule has 1 saturated heterocycles. The number of aromatic nitrogens is 1. The molecule has 2 aromatic rings. The van der Waals surface area contributed by atoms with Crippen molar-refractivity contribution in [3.8, 4) is 11.6 Å². The molecule has 0 aliphatic carbocycles. The van der Waals surface area contributed by atoms with Crippen LogP contribution in [0.25, 0.3) is 0 Å². The molecule has 1 aromatic heterocycles. The largest absolute Gasteiger partial charge is 0.497 e. The first-order valence-corrected chi connectivity index (χ1v) is 10.3. The van der Waals surface area contributed by atoms with Crippen molar-refractivity contribution >= 4 is 17.9 Å². The molecular weight excluding hydrogens is 400 g/mol. The Hall–Kier alpha value is -3.13. The molecule has 166 valence electrons. The highest BCUT2D eigenvalue weighted by molar-refractivity contribution is 5.85. The van der Waals surface area contributed by atoms with Crippen LogP contribution in [0.3, 0.4) is 0 Å². The SMILES string of the molecule is COc1ccc(C=O)c(N2CCC(COc3cc(C(CC(=O)O)OC)ccn3)CC2)c1. The van der Waals surface area contributed by atoms with Gasteiger partial charge in [0.05, 0.1) is 31.9 Å². The van der Waals surface area contributed by atoms with Crippen LogP contribution in [0.4, 0.5) is 5.69 Å². The minimum absolute atomic E-state index is 0.120. The van der Waals surface area contributed by atoms with Gasteiger partial charge in [-0.15, -0.1) is 0 Å². The lowest BCUT2D eigenvalue weighted by atomic mass is 9.96. The van der Waals surface area contributed by atoms with Gasteiger partial charge in [-0.2, -0.15) is 0 Å². The zero-order valence-corrected chi connectivity index (χ0v) is 17.8. The first kappa shape index (κ1) is 22.6. The topological polar surface area (TPSA) is 98.2 Å². The first-order valence-electron chi connectivity index (χ1n) is 10.3. The monoisotopic (exact) mass is 428 g/mol. The number of hydrogen-bond acceptors (Lipinski definition) is 7. The molecule has 1 fully saturated rings. The number of carbonyl (C=O) groups excluding carboxylic acids is 1. The molecule has 1 aliphatic heterocycles. The highest BCUT2D eigenvalue weighted by Gasteiger charge is 2.22. The molecule has 2 heterocycles. The molecule has 1 unspecified atom stereocenters. The summed E-state index contributed by atoms with van der Waals surface area (Å²) in [5.74, 6) is 0.633. The average molecular weight is 428 g/mol. The van der Waals surface area contributed by atoms with Gasteiger partial charge in [0.25, 0.3) is 0 Å². The van der Waals surface area contributed by atoms with Crippen molar-refractivity contribution in [1.82, 2.24) is 4.98 Å². The maximum absolute atomic E-state index is 11.4. The van der Waals surface area contributed by atoms with E-state index < -0.39 is 12.1 Å². The van der Waals surface area contributed by atoms with Crippen LogP contribution < -0.4 is 14.4 Å². The van der Waals surface area contributed by atoms with E-state index >= 15 is 0 Å². The van der Waals surface area contributed by atoms with E-state index in [2.05, 4.69) is 9.88 Å². The van der Waals surface area contributed by atoms with E-state index in [1.54, 1.807) is 37.6 Å². The van der Waals surface area contributed by atoms with Crippen LogP contribution in [0.15, 0.2) is 36.5 Å². The standard InChI is InChI=1S/C23H28N2O6/c1-29-19-4-3-18(14-26)20(12-19)25-9-6-16(7-10-25)15-31-22-11-17(5-8-24-22)21(30-2)13-23(27)28/h3-5,8,11-12,14,16,21H,6-7,9-10,13,15H2,1-2H3,(H,27,28). The minimum atomic E-state index is -0.924. The Balaban J connectivity index is 1.56. The van der Waals surface area contributed by atoms with Crippen LogP contribution in [0.1, 0.15) is 41.3 Å². The number of nitrogens with zero attached hydrogens (tertiary/aromatic N) is 2. The number of hydrogen-bond donors (Lipinski definition) is 1. The van der Waals surface area contributed by atoms with E-state index in [0.29, 0.717) is 24.0 Å². The quantitative estimate of drug-likeness (QED) is 0.575. The summed E-state index contributed by atoms with van der Waals surface area (Å²) in [6.45, 7) is 2.17. The molecule has 31 heavy (non-hydrogen) atoms. The van der Waals surface area contributed by atoms with Crippen molar-refractivity contribution in [3.63, 3.8) is 0 Å². The Morgan fingerprint density at radius 2 is 2.03 bits per heavy atom. The summed E-state index contributed by atoms with van der Waals surface area (Å²) in [4.78, 5) is 28.9. The van der Waals surface area contributed by atoms with Gasteiger partial charge in [0, 0.05) is 44.1 Å². The number of pyridine rings is 1. The van der Waals surface area contributed by atoms with Crippen LogP contribution >= 0.6 is 0 Å². The molecule has 8 nitrogen and oxygen atoms in total. The summed E-state index contributed by atoms with van der Waals surface area (Å²) in [7, 11) is 3.10. The third-order valence-corrected chi connectivity index (χ3v) is 5.56. The van der Waals surface area contributed by atoms with Crippen LogP contribution in [0.2, 0.25) is 0 Å².